The summed E-state index contributed by atoms with van der Waals surface area (Å²) in [6.45, 7) is 2.04. The smallest absolute Gasteiger partial charge is 0.237 e. The van der Waals surface area contributed by atoms with Crippen LogP contribution in [0.4, 0.5) is 5.69 Å². The Bertz CT molecular complexity index is 815. The van der Waals surface area contributed by atoms with Crippen molar-refractivity contribution in [3.8, 4) is 11.4 Å². The van der Waals surface area contributed by atoms with Crippen molar-refractivity contribution in [1.82, 2.24) is 15.2 Å². The van der Waals surface area contributed by atoms with Crippen molar-refractivity contribution in [1.29, 1.82) is 0 Å². The largest absolute Gasteiger partial charge is 0.315 e. The molecule has 5 nitrogen and oxygen atoms in total. The minimum Gasteiger partial charge on any atom is -0.315 e. The van der Waals surface area contributed by atoms with Crippen LogP contribution in [0.5, 0.6) is 0 Å². The molecule has 0 aliphatic heterocycles. The average molecular weight is 338 g/mol. The van der Waals surface area contributed by atoms with Crippen molar-refractivity contribution in [3.63, 3.8) is 0 Å². The van der Waals surface area contributed by atoms with Crippen molar-refractivity contribution in [2.24, 2.45) is 0 Å². The molecule has 0 radical (unpaired) electrons. The van der Waals surface area contributed by atoms with Gasteiger partial charge in [0, 0.05) is 18.3 Å². The first-order valence-electron chi connectivity index (χ1n) is 7.57. The first kappa shape index (κ1) is 16.3. The lowest BCUT2D eigenvalue weighted by Crippen LogP contribution is -2.27. The quantitative estimate of drug-likeness (QED) is 0.723. The van der Waals surface area contributed by atoms with Crippen LogP contribution in [0.25, 0.3) is 11.4 Å². The van der Waals surface area contributed by atoms with Crippen molar-refractivity contribution in [3.05, 3.63) is 60.2 Å². The van der Waals surface area contributed by atoms with Gasteiger partial charge in [0.15, 0.2) is 5.82 Å². The van der Waals surface area contributed by atoms with Crippen LogP contribution < -0.4 is 4.90 Å². The Labute approximate surface area is 145 Å². The summed E-state index contributed by atoms with van der Waals surface area (Å²) >= 11 is 1.33. The van der Waals surface area contributed by atoms with Gasteiger partial charge in [0.2, 0.25) is 11.1 Å². The fourth-order valence-electron chi connectivity index (χ4n) is 2.17. The van der Waals surface area contributed by atoms with Crippen molar-refractivity contribution in [2.75, 3.05) is 17.7 Å². The molecular weight excluding hydrogens is 320 g/mol. The highest BCUT2D eigenvalue weighted by Gasteiger charge is 2.13. The number of aromatic nitrogens is 3. The van der Waals surface area contributed by atoms with Gasteiger partial charge in [-0.1, -0.05) is 59.8 Å². The zero-order chi connectivity index (χ0) is 16.9. The molecule has 1 amide bonds. The number of hydrogen-bond acceptors (Lipinski definition) is 4. The summed E-state index contributed by atoms with van der Waals surface area (Å²) in [5, 5.41) is 7.66. The number of thioether (sulfide) groups is 1. The molecule has 0 atom stereocenters. The summed E-state index contributed by atoms with van der Waals surface area (Å²) in [6, 6.07) is 17.6. The van der Waals surface area contributed by atoms with E-state index in [2.05, 4.69) is 15.2 Å². The highest BCUT2D eigenvalue weighted by Crippen LogP contribution is 2.20. The molecule has 0 saturated carbocycles. The number of rotatable bonds is 5. The highest BCUT2D eigenvalue weighted by atomic mass is 32.2. The lowest BCUT2D eigenvalue weighted by atomic mass is 10.1. The Hall–Kier alpha value is -2.60. The van der Waals surface area contributed by atoms with Gasteiger partial charge in [0.1, 0.15) is 0 Å². The maximum Gasteiger partial charge on any atom is 0.237 e. The molecule has 24 heavy (non-hydrogen) atoms. The van der Waals surface area contributed by atoms with Gasteiger partial charge in [0.25, 0.3) is 0 Å². The molecule has 0 saturated heterocycles. The van der Waals surface area contributed by atoms with Crippen LogP contribution in [0.15, 0.2) is 59.8 Å². The van der Waals surface area contributed by atoms with Crippen LogP contribution in [0.3, 0.4) is 0 Å². The van der Waals surface area contributed by atoms with E-state index in [1.54, 1.807) is 11.9 Å². The van der Waals surface area contributed by atoms with Crippen LogP contribution in [-0.4, -0.2) is 33.9 Å². The van der Waals surface area contributed by atoms with E-state index in [4.69, 9.17) is 0 Å². The molecule has 3 aromatic rings. The maximum absolute atomic E-state index is 12.3. The third-order valence-electron chi connectivity index (χ3n) is 3.63. The van der Waals surface area contributed by atoms with Gasteiger partial charge in [0.05, 0.1) is 5.75 Å². The van der Waals surface area contributed by atoms with Crippen LogP contribution in [0.1, 0.15) is 5.56 Å². The zero-order valence-electron chi connectivity index (χ0n) is 13.6. The van der Waals surface area contributed by atoms with Crippen molar-refractivity contribution >= 4 is 23.4 Å². The normalized spacial score (nSPS) is 10.6. The second kappa shape index (κ2) is 7.31. The monoisotopic (exact) mass is 338 g/mol. The summed E-state index contributed by atoms with van der Waals surface area (Å²) in [7, 11) is 1.77. The Morgan fingerprint density at radius 1 is 1.12 bits per heavy atom. The summed E-state index contributed by atoms with van der Waals surface area (Å²) in [5.74, 6) is 1.01. The van der Waals surface area contributed by atoms with Gasteiger partial charge < -0.3 is 4.90 Å². The number of aryl methyl sites for hydroxylation is 1. The summed E-state index contributed by atoms with van der Waals surface area (Å²) in [6.07, 6.45) is 0. The number of aromatic amines is 1. The molecule has 1 aromatic heterocycles. The third-order valence-corrected chi connectivity index (χ3v) is 4.46. The van der Waals surface area contributed by atoms with E-state index in [1.165, 1.54) is 17.3 Å². The lowest BCUT2D eigenvalue weighted by molar-refractivity contribution is -0.115. The molecule has 1 heterocycles. The lowest BCUT2D eigenvalue weighted by Gasteiger charge is -2.16. The second-order valence-corrected chi connectivity index (χ2v) is 6.35. The SMILES string of the molecule is Cc1ccc(-c2nc(SCC(=O)N(C)c3ccccc3)n[nH]2)cc1. The van der Waals surface area contributed by atoms with Crippen LogP contribution >= 0.6 is 11.8 Å². The van der Waals surface area contributed by atoms with Gasteiger partial charge in [-0.05, 0) is 19.1 Å². The van der Waals surface area contributed by atoms with E-state index in [1.807, 2.05) is 61.5 Å². The van der Waals surface area contributed by atoms with Gasteiger partial charge in [-0.2, -0.15) is 0 Å². The molecule has 0 aliphatic carbocycles. The molecule has 1 N–H and O–H groups in total. The fraction of sp³-hybridized carbons (Fsp3) is 0.167. The predicted octanol–water partition coefficient (Wildman–Crippen LogP) is 3.54. The number of H-pyrrole nitrogens is 1. The Kier molecular flexibility index (Phi) is 4.96. The fourth-order valence-corrected chi connectivity index (χ4v) is 2.88. The predicted molar refractivity (Wildman–Crippen MR) is 97.1 cm³/mol. The van der Waals surface area contributed by atoms with Gasteiger partial charge in [-0.25, -0.2) is 4.98 Å². The summed E-state index contributed by atoms with van der Waals surface area (Å²) in [5.41, 5.74) is 3.05. The molecule has 0 spiro atoms. The molecular formula is C18H18N4OS. The molecule has 2 aromatic carbocycles. The number of hydrogen-bond donors (Lipinski definition) is 1. The van der Waals surface area contributed by atoms with E-state index >= 15 is 0 Å². The van der Waals surface area contributed by atoms with Crippen LogP contribution in [-0.2, 0) is 4.79 Å². The number of para-hydroxylation sites is 1. The molecule has 0 fully saturated rings. The van der Waals surface area contributed by atoms with E-state index in [0.29, 0.717) is 11.0 Å². The molecule has 0 unspecified atom stereocenters. The number of nitrogens with zero attached hydrogens (tertiary/aromatic N) is 3. The van der Waals surface area contributed by atoms with Gasteiger partial charge in [-0.15, -0.1) is 5.10 Å². The average Bonchev–Trinajstić information content (AvgIpc) is 3.09. The minimum atomic E-state index is 0.00730. The number of carbonyl (C=O) groups is 1. The number of nitrogens with one attached hydrogen (secondary N) is 1. The molecule has 122 valence electrons. The topological polar surface area (TPSA) is 61.9 Å². The summed E-state index contributed by atoms with van der Waals surface area (Å²) in [4.78, 5) is 18.3. The number of amides is 1. The van der Waals surface area contributed by atoms with Gasteiger partial charge in [-0.3, -0.25) is 9.89 Å². The van der Waals surface area contributed by atoms with Crippen LogP contribution in [0.2, 0.25) is 0 Å². The third kappa shape index (κ3) is 3.83. The second-order valence-electron chi connectivity index (χ2n) is 5.41. The highest BCUT2D eigenvalue weighted by molar-refractivity contribution is 7.99. The minimum absolute atomic E-state index is 0.00730. The number of carbonyl (C=O) groups excluding carboxylic acids is 1. The number of anilines is 1. The van der Waals surface area contributed by atoms with Gasteiger partial charge >= 0.3 is 0 Å². The van der Waals surface area contributed by atoms with E-state index < -0.39 is 0 Å². The first-order chi connectivity index (χ1) is 11.6. The molecule has 3 rings (SSSR count). The molecule has 6 heteroatoms. The van der Waals surface area contributed by atoms with E-state index in [9.17, 15) is 4.79 Å². The Balaban J connectivity index is 1.61. The Morgan fingerprint density at radius 2 is 1.83 bits per heavy atom. The van der Waals surface area contributed by atoms with E-state index in [-0.39, 0.29) is 11.7 Å². The van der Waals surface area contributed by atoms with Crippen molar-refractivity contribution < 1.29 is 4.79 Å². The van der Waals surface area contributed by atoms with Crippen molar-refractivity contribution in [2.45, 2.75) is 12.1 Å². The standard InChI is InChI=1S/C18H18N4OS/c1-13-8-10-14(11-9-13)17-19-18(21-20-17)24-12-16(23)22(2)15-6-4-3-5-7-15/h3-11H,12H2,1-2H3,(H,19,20,21). The van der Waals surface area contributed by atoms with Crippen LogP contribution in [0, 0.1) is 6.92 Å². The first-order valence-corrected chi connectivity index (χ1v) is 8.56. The molecule has 0 bridgehead atoms. The zero-order valence-corrected chi connectivity index (χ0v) is 14.4. The van der Waals surface area contributed by atoms with E-state index in [0.717, 1.165) is 11.3 Å². The molecule has 0 aliphatic rings. The number of benzene rings is 2. The summed E-state index contributed by atoms with van der Waals surface area (Å²) < 4.78 is 0. The maximum atomic E-state index is 12.3. The Morgan fingerprint density at radius 3 is 2.54 bits per heavy atom.